The highest BCUT2D eigenvalue weighted by molar-refractivity contribution is 5.91. The second-order valence-corrected chi connectivity index (χ2v) is 4.11. The van der Waals surface area contributed by atoms with Crippen molar-refractivity contribution < 1.29 is 0 Å². The van der Waals surface area contributed by atoms with Crippen LogP contribution in [-0.4, -0.2) is 19.6 Å². The number of aromatic nitrogens is 4. The largest absolute Gasteiger partial charge is 0.398 e. The van der Waals surface area contributed by atoms with E-state index in [0.717, 1.165) is 22.3 Å². The molecule has 2 heterocycles. The molecule has 2 N–H and O–H groups in total. The highest BCUT2D eigenvalue weighted by atomic mass is 15.4. The van der Waals surface area contributed by atoms with E-state index in [-0.39, 0.29) is 0 Å². The molecule has 0 amide bonds. The number of anilines is 1. The number of nitrogens with zero attached hydrogens (tertiary/aromatic N) is 4. The summed E-state index contributed by atoms with van der Waals surface area (Å²) in [5.41, 5.74) is 8.79. The molecular formula is C12H13N5. The Morgan fingerprint density at radius 2 is 2.18 bits per heavy atom. The third-order valence-corrected chi connectivity index (χ3v) is 2.83. The zero-order valence-electron chi connectivity index (χ0n) is 9.54. The molecule has 86 valence electrons. The van der Waals surface area contributed by atoms with Crippen LogP contribution in [0.4, 0.5) is 5.69 Å². The fourth-order valence-electron chi connectivity index (χ4n) is 2.03. The average Bonchev–Trinajstić information content (AvgIpc) is 2.88. The van der Waals surface area contributed by atoms with Gasteiger partial charge in [-0.1, -0.05) is 11.3 Å². The van der Waals surface area contributed by atoms with Gasteiger partial charge in [0, 0.05) is 30.5 Å². The lowest BCUT2D eigenvalue weighted by Gasteiger charge is -2.03. The van der Waals surface area contributed by atoms with E-state index in [1.54, 1.807) is 4.68 Å². The fourth-order valence-corrected chi connectivity index (χ4v) is 2.03. The number of fused-ring (bicyclic) bond motifs is 1. The van der Waals surface area contributed by atoms with Gasteiger partial charge in [0.05, 0.1) is 12.1 Å². The molecule has 0 aliphatic rings. The Hall–Kier alpha value is -2.30. The molecule has 0 aliphatic carbocycles. The van der Waals surface area contributed by atoms with E-state index in [1.165, 1.54) is 0 Å². The molecule has 0 saturated carbocycles. The Labute approximate surface area is 98.5 Å². The summed E-state index contributed by atoms with van der Waals surface area (Å²) in [5.74, 6) is 0. The lowest BCUT2D eigenvalue weighted by Crippen LogP contribution is -1.98. The molecule has 0 radical (unpaired) electrons. The van der Waals surface area contributed by atoms with E-state index in [4.69, 9.17) is 5.73 Å². The molecule has 0 saturated heterocycles. The van der Waals surface area contributed by atoms with Gasteiger partial charge < -0.3 is 10.3 Å². The molecule has 2 aromatic heterocycles. The Kier molecular flexibility index (Phi) is 2.11. The number of hydrogen-bond acceptors (Lipinski definition) is 3. The summed E-state index contributed by atoms with van der Waals surface area (Å²) in [7, 11) is 1.86. The minimum Gasteiger partial charge on any atom is -0.398 e. The average molecular weight is 227 g/mol. The molecule has 0 aliphatic heterocycles. The lowest BCUT2D eigenvalue weighted by molar-refractivity contribution is 0.711. The van der Waals surface area contributed by atoms with Gasteiger partial charge in [-0.3, -0.25) is 4.68 Å². The van der Waals surface area contributed by atoms with Gasteiger partial charge in [-0.25, -0.2) is 0 Å². The number of nitrogens with two attached hydrogens (primary N) is 1. The Morgan fingerprint density at radius 3 is 2.94 bits per heavy atom. The van der Waals surface area contributed by atoms with Crippen LogP contribution in [0.25, 0.3) is 10.9 Å². The summed E-state index contributed by atoms with van der Waals surface area (Å²) in [6.07, 6.45) is 3.94. The first-order valence-electron chi connectivity index (χ1n) is 5.42. The number of rotatable bonds is 2. The van der Waals surface area contributed by atoms with E-state index < -0.39 is 0 Å². The minimum atomic E-state index is 0.709. The smallest absolute Gasteiger partial charge is 0.102 e. The second-order valence-electron chi connectivity index (χ2n) is 4.11. The second kappa shape index (κ2) is 3.62. The number of nitrogen functional groups attached to an aromatic ring is 1. The van der Waals surface area contributed by atoms with Crippen molar-refractivity contribution in [2.45, 2.75) is 6.54 Å². The molecule has 0 fully saturated rings. The van der Waals surface area contributed by atoms with Crippen molar-refractivity contribution >= 4 is 16.6 Å². The number of aryl methyl sites for hydroxylation is 1. The van der Waals surface area contributed by atoms with Gasteiger partial charge in [-0.15, -0.1) is 5.10 Å². The van der Waals surface area contributed by atoms with Crippen LogP contribution >= 0.6 is 0 Å². The molecule has 3 aromatic rings. The Bertz CT molecular complexity index is 664. The summed E-state index contributed by atoms with van der Waals surface area (Å²) in [6, 6.07) is 7.96. The van der Waals surface area contributed by atoms with Gasteiger partial charge in [0.25, 0.3) is 0 Å². The number of benzene rings is 1. The first kappa shape index (κ1) is 9.89. The summed E-state index contributed by atoms with van der Waals surface area (Å²) >= 11 is 0. The Balaban J connectivity index is 2.04. The quantitative estimate of drug-likeness (QED) is 0.673. The third-order valence-electron chi connectivity index (χ3n) is 2.83. The topological polar surface area (TPSA) is 61.7 Å². The first-order valence-corrected chi connectivity index (χ1v) is 5.42. The van der Waals surface area contributed by atoms with Crippen LogP contribution in [0.1, 0.15) is 5.69 Å². The predicted molar refractivity (Wildman–Crippen MR) is 66.5 cm³/mol. The van der Waals surface area contributed by atoms with Crippen molar-refractivity contribution in [1.29, 1.82) is 0 Å². The summed E-state index contributed by atoms with van der Waals surface area (Å²) in [4.78, 5) is 0. The summed E-state index contributed by atoms with van der Waals surface area (Å²) in [5, 5.41) is 9.08. The molecule has 3 rings (SSSR count). The summed E-state index contributed by atoms with van der Waals surface area (Å²) < 4.78 is 3.82. The normalized spacial score (nSPS) is 11.1. The predicted octanol–water partition coefficient (Wildman–Crippen LogP) is 1.40. The zero-order valence-corrected chi connectivity index (χ0v) is 9.54. The maximum Gasteiger partial charge on any atom is 0.102 e. The van der Waals surface area contributed by atoms with Crippen LogP contribution < -0.4 is 5.73 Å². The third kappa shape index (κ3) is 1.65. The van der Waals surface area contributed by atoms with Crippen LogP contribution in [0, 0.1) is 0 Å². The summed E-state index contributed by atoms with van der Waals surface area (Å²) in [6.45, 7) is 0.709. The first-order chi connectivity index (χ1) is 8.24. The van der Waals surface area contributed by atoms with E-state index >= 15 is 0 Å². The van der Waals surface area contributed by atoms with Crippen LogP contribution in [0.5, 0.6) is 0 Å². The van der Waals surface area contributed by atoms with Crippen molar-refractivity contribution in [1.82, 2.24) is 19.6 Å². The molecule has 17 heavy (non-hydrogen) atoms. The molecule has 0 unspecified atom stereocenters. The SMILES string of the molecule is Cn1cc(Cn2ccc3c(N)cccc32)nn1. The van der Waals surface area contributed by atoms with Crippen molar-refractivity contribution in [3.8, 4) is 0 Å². The van der Waals surface area contributed by atoms with E-state index in [1.807, 2.05) is 37.6 Å². The van der Waals surface area contributed by atoms with Gasteiger partial charge in [-0.2, -0.15) is 0 Å². The van der Waals surface area contributed by atoms with Crippen LogP contribution in [-0.2, 0) is 13.6 Å². The van der Waals surface area contributed by atoms with Crippen LogP contribution in [0.15, 0.2) is 36.7 Å². The maximum atomic E-state index is 5.92. The molecule has 5 heteroatoms. The van der Waals surface area contributed by atoms with Gasteiger partial charge >= 0.3 is 0 Å². The number of hydrogen-bond donors (Lipinski definition) is 1. The monoisotopic (exact) mass is 227 g/mol. The van der Waals surface area contributed by atoms with Crippen LogP contribution in [0.3, 0.4) is 0 Å². The van der Waals surface area contributed by atoms with Gasteiger partial charge in [-0.05, 0) is 18.2 Å². The standard InChI is InChI=1S/C12H13N5/c1-16-7-9(14-15-16)8-17-6-5-10-11(13)3-2-4-12(10)17/h2-7H,8,13H2,1H3. The van der Waals surface area contributed by atoms with E-state index in [0.29, 0.717) is 6.54 Å². The Morgan fingerprint density at radius 1 is 1.29 bits per heavy atom. The highest BCUT2D eigenvalue weighted by Gasteiger charge is 2.05. The molecule has 0 spiro atoms. The zero-order chi connectivity index (χ0) is 11.8. The molecule has 0 atom stereocenters. The van der Waals surface area contributed by atoms with E-state index in [2.05, 4.69) is 20.9 Å². The minimum absolute atomic E-state index is 0.709. The van der Waals surface area contributed by atoms with Gasteiger partial charge in [0.1, 0.15) is 5.69 Å². The molecular weight excluding hydrogens is 214 g/mol. The van der Waals surface area contributed by atoms with Gasteiger partial charge in [0.2, 0.25) is 0 Å². The maximum absolute atomic E-state index is 5.92. The van der Waals surface area contributed by atoms with Crippen molar-refractivity contribution in [3.63, 3.8) is 0 Å². The van der Waals surface area contributed by atoms with E-state index in [9.17, 15) is 0 Å². The van der Waals surface area contributed by atoms with Crippen molar-refractivity contribution in [2.75, 3.05) is 5.73 Å². The lowest BCUT2D eigenvalue weighted by atomic mass is 10.2. The highest BCUT2D eigenvalue weighted by Crippen LogP contribution is 2.22. The van der Waals surface area contributed by atoms with Crippen LogP contribution in [0.2, 0.25) is 0 Å². The molecule has 5 nitrogen and oxygen atoms in total. The van der Waals surface area contributed by atoms with Crippen molar-refractivity contribution in [2.24, 2.45) is 7.05 Å². The molecule has 1 aromatic carbocycles. The van der Waals surface area contributed by atoms with Gasteiger partial charge in [0.15, 0.2) is 0 Å². The fraction of sp³-hybridized carbons (Fsp3) is 0.167. The van der Waals surface area contributed by atoms with Crippen molar-refractivity contribution in [3.05, 3.63) is 42.4 Å². The molecule has 0 bridgehead atoms.